The van der Waals surface area contributed by atoms with Crippen molar-refractivity contribution in [3.63, 3.8) is 0 Å². The Balaban J connectivity index is 2.35. The highest BCUT2D eigenvalue weighted by Crippen LogP contribution is 2.41. The molecule has 0 amide bonds. The molecule has 0 bridgehead atoms. The van der Waals surface area contributed by atoms with Gasteiger partial charge in [0.15, 0.2) is 19.9 Å². The summed E-state index contributed by atoms with van der Waals surface area (Å²) >= 11 is 0. The fourth-order valence-electron chi connectivity index (χ4n) is 3.38. The fraction of sp³-hybridized carbons (Fsp3) is 0.600. The maximum atomic E-state index is 13.0. The van der Waals surface area contributed by atoms with Crippen molar-refractivity contribution in [3.05, 3.63) is 47.0 Å². The predicted octanol–water partition coefficient (Wildman–Crippen LogP) is 5.89. The van der Waals surface area contributed by atoms with Crippen LogP contribution in [0.2, 0.25) is 18.1 Å². The van der Waals surface area contributed by atoms with Crippen molar-refractivity contribution in [2.75, 3.05) is 0 Å². The minimum atomic E-state index is -2.25. The third kappa shape index (κ3) is 5.36. The summed E-state index contributed by atoms with van der Waals surface area (Å²) in [5.41, 5.74) is 0.126. The van der Waals surface area contributed by atoms with E-state index in [1.165, 1.54) is 19.3 Å². The molecule has 2 rings (SSSR count). The molecule has 0 saturated heterocycles. The van der Waals surface area contributed by atoms with Crippen LogP contribution in [0.15, 0.2) is 34.5 Å². The standard InChI is InChI=1S/C25H38O5Si/c1-10-16(2)13-17(3)11-12-20(26)22-18-14-21(30-31(8,9)24(4,5)6)25(7,28)23(27)19(18)15-29-22/h11-13,15-16,21,28H,10,14H2,1-9H3/b12-11+,17-13+/t16?,21-,25+/m1/s1. The highest BCUT2D eigenvalue weighted by Gasteiger charge is 2.51. The van der Waals surface area contributed by atoms with E-state index in [1.54, 1.807) is 6.08 Å². The van der Waals surface area contributed by atoms with Gasteiger partial charge in [-0.25, -0.2) is 0 Å². The lowest BCUT2D eigenvalue weighted by Gasteiger charge is -2.44. The van der Waals surface area contributed by atoms with Crippen LogP contribution in [0.1, 0.15) is 81.4 Å². The zero-order chi connectivity index (χ0) is 23.8. The smallest absolute Gasteiger partial charge is 0.221 e. The van der Waals surface area contributed by atoms with Gasteiger partial charge in [-0.2, -0.15) is 0 Å². The van der Waals surface area contributed by atoms with E-state index in [-0.39, 0.29) is 28.6 Å². The molecule has 1 unspecified atom stereocenters. The van der Waals surface area contributed by atoms with Crippen molar-refractivity contribution in [2.45, 2.75) is 91.1 Å². The van der Waals surface area contributed by atoms with Crippen LogP contribution in [-0.4, -0.2) is 36.7 Å². The highest BCUT2D eigenvalue weighted by atomic mass is 28.4. The number of aliphatic hydroxyl groups is 1. The Morgan fingerprint density at radius 3 is 2.55 bits per heavy atom. The number of fused-ring (bicyclic) bond motifs is 1. The Morgan fingerprint density at radius 2 is 2.00 bits per heavy atom. The van der Waals surface area contributed by atoms with Gasteiger partial charge in [0.2, 0.25) is 5.78 Å². The molecule has 0 spiro atoms. The number of hydrogen-bond donors (Lipinski definition) is 1. The maximum Gasteiger partial charge on any atom is 0.221 e. The van der Waals surface area contributed by atoms with Crippen LogP contribution in [0, 0.1) is 5.92 Å². The number of furan rings is 1. The number of Topliss-reactive ketones (excluding diaryl/α,β-unsaturated/α-hetero) is 1. The van der Waals surface area contributed by atoms with E-state index < -0.39 is 25.8 Å². The molecular weight excluding hydrogens is 408 g/mol. The number of hydrogen-bond acceptors (Lipinski definition) is 5. The van der Waals surface area contributed by atoms with Gasteiger partial charge >= 0.3 is 0 Å². The molecule has 3 atom stereocenters. The largest absolute Gasteiger partial charge is 0.460 e. The van der Waals surface area contributed by atoms with Gasteiger partial charge in [-0.3, -0.25) is 9.59 Å². The zero-order valence-electron chi connectivity index (χ0n) is 20.5. The average molecular weight is 447 g/mol. The second kappa shape index (κ2) is 9.00. The van der Waals surface area contributed by atoms with Gasteiger partial charge in [0.1, 0.15) is 11.9 Å². The van der Waals surface area contributed by atoms with E-state index in [0.29, 0.717) is 11.5 Å². The number of carbonyl (C=O) groups is 2. The zero-order valence-corrected chi connectivity index (χ0v) is 21.5. The normalized spacial score (nSPS) is 23.9. The average Bonchev–Trinajstić information content (AvgIpc) is 3.06. The first-order valence-electron chi connectivity index (χ1n) is 11.1. The van der Waals surface area contributed by atoms with Crippen molar-refractivity contribution in [1.82, 2.24) is 0 Å². The molecule has 1 heterocycles. The van der Waals surface area contributed by atoms with E-state index in [4.69, 9.17) is 8.84 Å². The molecule has 0 fully saturated rings. The van der Waals surface area contributed by atoms with Gasteiger partial charge in [-0.15, -0.1) is 0 Å². The van der Waals surface area contributed by atoms with Crippen LogP contribution < -0.4 is 0 Å². The topological polar surface area (TPSA) is 76.7 Å². The van der Waals surface area contributed by atoms with Crippen LogP contribution in [0.4, 0.5) is 0 Å². The molecule has 0 radical (unpaired) electrons. The molecule has 1 aromatic heterocycles. The Morgan fingerprint density at radius 1 is 1.39 bits per heavy atom. The van der Waals surface area contributed by atoms with Gasteiger partial charge in [0.05, 0.1) is 11.7 Å². The van der Waals surface area contributed by atoms with Crippen molar-refractivity contribution < 1.29 is 23.5 Å². The van der Waals surface area contributed by atoms with Crippen LogP contribution in [0.5, 0.6) is 0 Å². The molecule has 1 aliphatic rings. The summed E-state index contributed by atoms with van der Waals surface area (Å²) in [5.74, 6) is -0.171. The lowest BCUT2D eigenvalue weighted by atomic mass is 9.79. The Kier molecular flexibility index (Phi) is 7.40. The third-order valence-electron chi connectivity index (χ3n) is 6.77. The molecule has 1 aliphatic carbocycles. The van der Waals surface area contributed by atoms with Gasteiger partial charge in [-0.1, -0.05) is 58.8 Å². The number of ketones is 2. The molecule has 6 heteroatoms. The summed E-state index contributed by atoms with van der Waals surface area (Å²) in [6, 6.07) is 0. The second-order valence-electron chi connectivity index (χ2n) is 10.5. The molecule has 172 valence electrons. The molecule has 1 N–H and O–H groups in total. The monoisotopic (exact) mass is 446 g/mol. The summed E-state index contributed by atoms with van der Waals surface area (Å²) < 4.78 is 12.0. The maximum absolute atomic E-state index is 13.0. The Hall–Kier alpha value is -1.76. The first kappa shape index (κ1) is 25.5. The van der Waals surface area contributed by atoms with E-state index in [2.05, 4.69) is 53.8 Å². The summed E-state index contributed by atoms with van der Waals surface area (Å²) in [4.78, 5) is 25.9. The molecule has 5 nitrogen and oxygen atoms in total. The van der Waals surface area contributed by atoms with Gasteiger partial charge in [-0.05, 0) is 44.0 Å². The fourth-order valence-corrected chi connectivity index (χ4v) is 4.76. The van der Waals surface area contributed by atoms with Crippen molar-refractivity contribution in [2.24, 2.45) is 5.92 Å². The first-order chi connectivity index (χ1) is 14.1. The molecule has 0 saturated carbocycles. The van der Waals surface area contributed by atoms with E-state index >= 15 is 0 Å². The quantitative estimate of drug-likeness (QED) is 0.244. The number of allylic oxidation sites excluding steroid dienone is 4. The van der Waals surface area contributed by atoms with Crippen molar-refractivity contribution in [3.8, 4) is 0 Å². The third-order valence-corrected chi connectivity index (χ3v) is 11.3. The summed E-state index contributed by atoms with van der Waals surface area (Å²) in [5, 5.41) is 10.9. The molecule has 0 aromatic carbocycles. The Labute approximate surface area is 187 Å². The number of rotatable bonds is 7. The van der Waals surface area contributed by atoms with E-state index in [1.807, 2.05) is 6.92 Å². The molecular formula is C25H38O5Si. The van der Waals surface area contributed by atoms with Crippen molar-refractivity contribution >= 4 is 19.9 Å². The van der Waals surface area contributed by atoms with Crippen LogP contribution >= 0.6 is 0 Å². The molecule has 31 heavy (non-hydrogen) atoms. The summed E-state index contributed by atoms with van der Waals surface area (Å²) in [6.45, 7) is 18.2. The lowest BCUT2D eigenvalue weighted by molar-refractivity contribution is -0.0367. The number of carbonyl (C=O) groups excluding carboxylic acids is 2. The van der Waals surface area contributed by atoms with Gasteiger partial charge in [0, 0.05) is 12.0 Å². The SMILES string of the molecule is CCC(C)/C=C(C)/C=C/C(=O)c1occ2c1C[C@@H](O[Si](C)(C)C(C)(C)C)[C@](C)(O)C2=O. The van der Waals surface area contributed by atoms with Crippen LogP contribution in [0.25, 0.3) is 0 Å². The molecule has 1 aromatic rings. The van der Waals surface area contributed by atoms with Gasteiger partial charge in [0.25, 0.3) is 0 Å². The minimum Gasteiger partial charge on any atom is -0.460 e. The minimum absolute atomic E-state index is 0.0797. The lowest BCUT2D eigenvalue weighted by Crippen LogP contribution is -2.57. The van der Waals surface area contributed by atoms with Gasteiger partial charge < -0.3 is 13.9 Å². The molecule has 0 aliphatic heterocycles. The Bertz CT molecular complexity index is 896. The van der Waals surface area contributed by atoms with E-state index in [9.17, 15) is 14.7 Å². The summed E-state index contributed by atoms with van der Waals surface area (Å²) in [6.07, 6.45) is 7.22. The van der Waals surface area contributed by atoms with E-state index in [0.717, 1.165) is 12.0 Å². The summed E-state index contributed by atoms with van der Waals surface area (Å²) in [7, 11) is -2.25. The highest BCUT2D eigenvalue weighted by molar-refractivity contribution is 6.74. The van der Waals surface area contributed by atoms with Crippen molar-refractivity contribution in [1.29, 1.82) is 0 Å². The van der Waals surface area contributed by atoms with Crippen LogP contribution in [0.3, 0.4) is 0 Å². The second-order valence-corrected chi connectivity index (χ2v) is 15.3. The van der Waals surface area contributed by atoms with Crippen LogP contribution in [-0.2, 0) is 10.8 Å². The first-order valence-corrected chi connectivity index (χ1v) is 14.0. The predicted molar refractivity (Wildman–Crippen MR) is 126 cm³/mol.